The Bertz CT molecular complexity index is 332. The smallest absolute Gasteiger partial charge is 0.325 e. The number of piperazine rings is 1. The monoisotopic (exact) mass is 297 g/mol. The molecule has 1 atom stereocenters. The summed E-state index contributed by atoms with van der Waals surface area (Å²) in [6, 6.07) is 0.846. The lowest BCUT2D eigenvalue weighted by Crippen LogP contribution is -2.50. The van der Waals surface area contributed by atoms with E-state index < -0.39 is 5.54 Å². The van der Waals surface area contributed by atoms with E-state index in [0.29, 0.717) is 6.42 Å². The van der Waals surface area contributed by atoms with Crippen LogP contribution in [-0.2, 0) is 9.53 Å². The van der Waals surface area contributed by atoms with Crippen LogP contribution < -0.4 is 5.73 Å². The molecule has 0 radical (unpaired) electrons. The van der Waals surface area contributed by atoms with E-state index in [-0.39, 0.29) is 5.97 Å². The van der Waals surface area contributed by atoms with E-state index in [0.717, 1.165) is 32.1 Å². The molecule has 2 N–H and O–H groups in total. The van der Waals surface area contributed by atoms with Crippen LogP contribution in [0.2, 0.25) is 0 Å². The van der Waals surface area contributed by atoms with Crippen molar-refractivity contribution in [3.05, 3.63) is 0 Å². The molecule has 0 amide bonds. The maximum Gasteiger partial charge on any atom is 0.325 e. The second kappa shape index (κ2) is 7.56. The first-order chi connectivity index (χ1) is 10.0. The van der Waals surface area contributed by atoms with Crippen molar-refractivity contribution in [2.45, 2.75) is 57.0 Å². The number of carbonyl (C=O) groups is 1. The minimum absolute atomic E-state index is 0.312. The fraction of sp³-hybridized carbons (Fsp3) is 0.938. The Morgan fingerprint density at radius 1 is 1.24 bits per heavy atom. The summed E-state index contributed by atoms with van der Waals surface area (Å²) in [4.78, 5) is 16.7. The van der Waals surface area contributed by atoms with Crippen molar-refractivity contribution >= 4 is 5.97 Å². The van der Waals surface area contributed by atoms with E-state index in [1.54, 1.807) is 6.92 Å². The van der Waals surface area contributed by atoms with E-state index in [9.17, 15) is 4.79 Å². The molecule has 0 aromatic rings. The lowest BCUT2D eigenvalue weighted by Gasteiger charge is -2.38. The topological polar surface area (TPSA) is 58.8 Å². The van der Waals surface area contributed by atoms with Crippen molar-refractivity contribution in [3.8, 4) is 0 Å². The molecule has 0 aromatic heterocycles. The van der Waals surface area contributed by atoms with Gasteiger partial charge in [-0.15, -0.1) is 0 Å². The van der Waals surface area contributed by atoms with Crippen molar-refractivity contribution in [3.63, 3.8) is 0 Å². The predicted molar refractivity (Wildman–Crippen MR) is 84.1 cm³/mol. The number of methoxy groups -OCH3 is 1. The molecule has 1 heterocycles. The molecule has 5 nitrogen and oxygen atoms in total. The summed E-state index contributed by atoms with van der Waals surface area (Å²) < 4.78 is 4.74. The summed E-state index contributed by atoms with van der Waals surface area (Å²) in [6.45, 7) is 7.48. The van der Waals surface area contributed by atoms with E-state index in [1.165, 1.54) is 45.9 Å². The molecule has 2 fully saturated rings. The molecule has 1 aliphatic carbocycles. The van der Waals surface area contributed by atoms with Gasteiger partial charge in [0.15, 0.2) is 0 Å². The molecule has 1 unspecified atom stereocenters. The van der Waals surface area contributed by atoms with Crippen LogP contribution in [0.15, 0.2) is 0 Å². The Morgan fingerprint density at radius 2 is 1.86 bits per heavy atom. The number of ether oxygens (including phenoxy) is 1. The second-order valence-electron chi connectivity index (χ2n) is 6.83. The number of nitrogens with zero attached hydrogens (tertiary/aromatic N) is 2. The number of esters is 1. The van der Waals surface area contributed by atoms with E-state index in [1.807, 2.05) is 0 Å². The first-order valence-electron chi connectivity index (χ1n) is 8.36. The molecule has 1 aliphatic heterocycles. The van der Waals surface area contributed by atoms with Crippen LogP contribution in [-0.4, -0.2) is 67.2 Å². The normalized spacial score (nSPS) is 24.9. The minimum Gasteiger partial charge on any atom is -0.468 e. The van der Waals surface area contributed by atoms with Gasteiger partial charge in [0.05, 0.1) is 7.11 Å². The summed E-state index contributed by atoms with van der Waals surface area (Å²) in [5, 5.41) is 0. The number of rotatable bonds is 6. The van der Waals surface area contributed by atoms with Crippen molar-refractivity contribution in [1.29, 1.82) is 0 Å². The SMILES string of the molecule is COC(=O)C(C)(N)CCCN1CCN(C2CCCC2)CC1. The highest BCUT2D eigenvalue weighted by molar-refractivity contribution is 5.79. The molecule has 1 saturated heterocycles. The van der Waals surface area contributed by atoms with Gasteiger partial charge in [0.2, 0.25) is 0 Å². The molecular weight excluding hydrogens is 266 g/mol. The molecule has 5 heteroatoms. The highest BCUT2D eigenvalue weighted by atomic mass is 16.5. The lowest BCUT2D eigenvalue weighted by atomic mass is 9.97. The van der Waals surface area contributed by atoms with Crippen LogP contribution in [0.3, 0.4) is 0 Å². The maximum atomic E-state index is 11.5. The van der Waals surface area contributed by atoms with Crippen LogP contribution >= 0.6 is 0 Å². The zero-order valence-electron chi connectivity index (χ0n) is 13.6. The Balaban J connectivity index is 1.63. The Hall–Kier alpha value is -0.650. The highest BCUT2D eigenvalue weighted by Gasteiger charge is 2.30. The predicted octanol–water partition coefficient (Wildman–Crippen LogP) is 1.22. The van der Waals surface area contributed by atoms with Gasteiger partial charge >= 0.3 is 5.97 Å². The van der Waals surface area contributed by atoms with E-state index in [2.05, 4.69) is 9.80 Å². The van der Waals surface area contributed by atoms with Crippen molar-refractivity contribution in [2.75, 3.05) is 39.8 Å². The molecule has 2 rings (SSSR count). The number of carbonyl (C=O) groups excluding carboxylic acids is 1. The summed E-state index contributed by atoms with van der Waals surface area (Å²) >= 11 is 0. The number of hydrogen-bond acceptors (Lipinski definition) is 5. The molecule has 0 bridgehead atoms. The summed E-state index contributed by atoms with van der Waals surface area (Å²) in [6.07, 6.45) is 7.24. The quantitative estimate of drug-likeness (QED) is 0.747. The zero-order chi connectivity index (χ0) is 15.3. The third-order valence-corrected chi connectivity index (χ3v) is 5.07. The minimum atomic E-state index is -0.847. The van der Waals surface area contributed by atoms with Gasteiger partial charge in [-0.2, -0.15) is 0 Å². The largest absolute Gasteiger partial charge is 0.468 e. The fourth-order valence-corrected chi connectivity index (χ4v) is 3.63. The van der Waals surface area contributed by atoms with E-state index >= 15 is 0 Å². The van der Waals surface area contributed by atoms with Gasteiger partial charge in [-0.1, -0.05) is 12.8 Å². The van der Waals surface area contributed by atoms with Gasteiger partial charge < -0.3 is 15.4 Å². The standard InChI is InChI=1S/C16H31N3O2/c1-16(17,15(20)21-2)8-5-9-18-10-12-19(13-11-18)14-6-3-4-7-14/h14H,3-13,17H2,1-2H3. The average Bonchev–Trinajstić information content (AvgIpc) is 3.01. The lowest BCUT2D eigenvalue weighted by molar-refractivity contribution is -0.146. The summed E-state index contributed by atoms with van der Waals surface area (Å²) in [5.41, 5.74) is 5.14. The molecule has 21 heavy (non-hydrogen) atoms. The van der Waals surface area contributed by atoms with Gasteiger partial charge in [-0.05, 0) is 39.2 Å². The van der Waals surface area contributed by atoms with Crippen LogP contribution in [0, 0.1) is 0 Å². The third-order valence-electron chi connectivity index (χ3n) is 5.07. The van der Waals surface area contributed by atoms with Gasteiger partial charge in [0.25, 0.3) is 0 Å². The van der Waals surface area contributed by atoms with Gasteiger partial charge in [-0.3, -0.25) is 9.69 Å². The van der Waals surface area contributed by atoms with Gasteiger partial charge in [-0.25, -0.2) is 0 Å². The fourth-order valence-electron chi connectivity index (χ4n) is 3.63. The van der Waals surface area contributed by atoms with E-state index in [4.69, 9.17) is 10.5 Å². The van der Waals surface area contributed by atoms with Crippen LogP contribution in [0.4, 0.5) is 0 Å². The van der Waals surface area contributed by atoms with Gasteiger partial charge in [0.1, 0.15) is 5.54 Å². The number of hydrogen-bond donors (Lipinski definition) is 1. The molecule has 122 valence electrons. The average molecular weight is 297 g/mol. The second-order valence-corrected chi connectivity index (χ2v) is 6.83. The van der Waals surface area contributed by atoms with Crippen LogP contribution in [0.5, 0.6) is 0 Å². The molecular formula is C16H31N3O2. The first kappa shape index (κ1) is 16.7. The molecule has 0 aromatic carbocycles. The van der Waals surface area contributed by atoms with Crippen molar-refractivity contribution in [2.24, 2.45) is 5.73 Å². The Kier molecular flexibility index (Phi) is 6.02. The Morgan fingerprint density at radius 3 is 2.43 bits per heavy atom. The van der Waals surface area contributed by atoms with Crippen LogP contribution in [0.25, 0.3) is 0 Å². The highest BCUT2D eigenvalue weighted by Crippen LogP contribution is 2.24. The third kappa shape index (κ3) is 4.66. The van der Waals surface area contributed by atoms with Crippen LogP contribution in [0.1, 0.15) is 45.4 Å². The molecule has 1 saturated carbocycles. The molecule has 0 spiro atoms. The van der Waals surface area contributed by atoms with Crippen molar-refractivity contribution in [1.82, 2.24) is 9.80 Å². The zero-order valence-corrected chi connectivity index (χ0v) is 13.6. The summed E-state index contributed by atoms with van der Waals surface area (Å²) in [5.74, 6) is -0.312. The number of nitrogens with two attached hydrogens (primary N) is 1. The maximum absolute atomic E-state index is 11.5. The van der Waals surface area contributed by atoms with Crippen molar-refractivity contribution < 1.29 is 9.53 Å². The summed E-state index contributed by atoms with van der Waals surface area (Å²) in [7, 11) is 1.40. The van der Waals surface area contributed by atoms with Gasteiger partial charge in [0, 0.05) is 32.2 Å². The molecule has 2 aliphatic rings. The first-order valence-corrected chi connectivity index (χ1v) is 8.36. The Labute approximate surface area is 128 Å².